The van der Waals surface area contributed by atoms with Crippen molar-refractivity contribution in [1.82, 2.24) is 15.1 Å². The van der Waals surface area contributed by atoms with E-state index in [2.05, 4.69) is 39.5 Å². The third-order valence-corrected chi connectivity index (χ3v) is 6.49. The van der Waals surface area contributed by atoms with Crippen LogP contribution in [0.3, 0.4) is 0 Å². The van der Waals surface area contributed by atoms with Gasteiger partial charge in [-0.05, 0) is 42.2 Å². The summed E-state index contributed by atoms with van der Waals surface area (Å²) in [4.78, 5) is 20.8. The van der Waals surface area contributed by atoms with Gasteiger partial charge >= 0.3 is 0 Å². The number of halogens is 1. The third-order valence-electron chi connectivity index (χ3n) is 6.49. The highest BCUT2D eigenvalue weighted by Gasteiger charge is 2.40. The highest BCUT2D eigenvalue weighted by atomic mass is 127. The molecule has 0 bridgehead atoms. The van der Waals surface area contributed by atoms with Crippen LogP contribution in [-0.4, -0.2) is 61.6 Å². The molecule has 0 atom stereocenters. The van der Waals surface area contributed by atoms with Gasteiger partial charge in [-0.25, -0.2) is 0 Å². The van der Waals surface area contributed by atoms with Crippen LogP contribution in [0.5, 0.6) is 0 Å². The molecule has 7 heteroatoms. The average molecular weight is 512 g/mol. The summed E-state index contributed by atoms with van der Waals surface area (Å²) >= 11 is 0. The van der Waals surface area contributed by atoms with E-state index < -0.39 is 0 Å². The van der Waals surface area contributed by atoms with Gasteiger partial charge in [0.25, 0.3) is 0 Å². The van der Waals surface area contributed by atoms with E-state index in [4.69, 9.17) is 4.74 Å². The zero-order valence-electron chi connectivity index (χ0n) is 17.4. The number of nitrogens with zero attached hydrogens (tertiary/aromatic N) is 3. The summed E-state index contributed by atoms with van der Waals surface area (Å²) in [5, 5.41) is 3.54. The lowest BCUT2D eigenvalue weighted by atomic mass is 9.80. The van der Waals surface area contributed by atoms with E-state index in [-0.39, 0.29) is 29.9 Å². The number of amides is 1. The van der Waals surface area contributed by atoms with E-state index in [1.807, 2.05) is 11.9 Å². The molecule has 3 aliphatic heterocycles. The summed E-state index contributed by atoms with van der Waals surface area (Å²) < 4.78 is 5.56. The topological polar surface area (TPSA) is 57.2 Å². The lowest BCUT2D eigenvalue weighted by molar-refractivity contribution is -0.128. The third kappa shape index (κ3) is 5.42. The van der Waals surface area contributed by atoms with Gasteiger partial charge in [0.2, 0.25) is 5.91 Å². The second-order valence-electron chi connectivity index (χ2n) is 8.42. The molecule has 3 saturated heterocycles. The fourth-order valence-corrected chi connectivity index (χ4v) is 4.77. The van der Waals surface area contributed by atoms with Crippen LogP contribution < -0.4 is 5.32 Å². The first-order valence-corrected chi connectivity index (χ1v) is 10.6. The van der Waals surface area contributed by atoms with E-state index in [1.165, 1.54) is 17.5 Å². The fourth-order valence-electron chi connectivity index (χ4n) is 4.77. The van der Waals surface area contributed by atoms with Crippen molar-refractivity contribution in [1.29, 1.82) is 0 Å². The zero-order valence-corrected chi connectivity index (χ0v) is 19.7. The summed E-state index contributed by atoms with van der Waals surface area (Å²) in [7, 11) is 1.87. The summed E-state index contributed by atoms with van der Waals surface area (Å²) in [6, 6.07) is 8.54. The maximum absolute atomic E-state index is 11.9. The minimum atomic E-state index is 0. The molecule has 3 heterocycles. The maximum atomic E-state index is 11.9. The fraction of sp³-hybridized carbons (Fsp3) is 0.636. The van der Waals surface area contributed by atoms with Crippen LogP contribution in [0.2, 0.25) is 0 Å². The molecule has 3 aliphatic rings. The van der Waals surface area contributed by atoms with Crippen molar-refractivity contribution in [3.05, 3.63) is 35.4 Å². The largest absolute Gasteiger partial charge is 0.381 e. The number of carbonyl (C=O) groups is 1. The molecule has 0 unspecified atom stereocenters. The summed E-state index contributed by atoms with van der Waals surface area (Å²) in [5.41, 5.74) is 2.84. The lowest BCUT2D eigenvalue weighted by Crippen LogP contribution is -2.42. The molecule has 29 heavy (non-hydrogen) atoms. The number of aliphatic imine (C=N–C) groups is 1. The second kappa shape index (κ2) is 10.1. The Morgan fingerprint density at radius 2 is 2.00 bits per heavy atom. The van der Waals surface area contributed by atoms with Gasteiger partial charge in [-0.2, -0.15) is 0 Å². The molecule has 6 nitrogen and oxygen atoms in total. The number of hydrogen-bond donors (Lipinski definition) is 1. The molecular weight excluding hydrogens is 479 g/mol. The molecular formula is C22H33IN4O2. The first-order valence-electron chi connectivity index (χ1n) is 10.6. The van der Waals surface area contributed by atoms with Gasteiger partial charge in [0.05, 0.1) is 0 Å². The van der Waals surface area contributed by atoms with Crippen molar-refractivity contribution in [2.75, 3.05) is 39.9 Å². The first kappa shape index (κ1) is 22.3. The van der Waals surface area contributed by atoms with Gasteiger partial charge in [0.1, 0.15) is 0 Å². The predicted octanol–water partition coefficient (Wildman–Crippen LogP) is 3.00. The van der Waals surface area contributed by atoms with Crippen molar-refractivity contribution in [2.45, 2.75) is 45.2 Å². The number of benzene rings is 1. The number of likely N-dealkylation sites (tertiary alicyclic amines) is 2. The van der Waals surface area contributed by atoms with Crippen LogP contribution in [-0.2, 0) is 22.6 Å². The Bertz CT molecular complexity index is 733. The monoisotopic (exact) mass is 512 g/mol. The van der Waals surface area contributed by atoms with Gasteiger partial charge in [-0.1, -0.05) is 24.3 Å². The van der Waals surface area contributed by atoms with Crippen molar-refractivity contribution >= 4 is 35.8 Å². The van der Waals surface area contributed by atoms with Crippen LogP contribution in [0.15, 0.2) is 29.3 Å². The normalized spacial score (nSPS) is 21.6. The first-order chi connectivity index (χ1) is 13.7. The Morgan fingerprint density at radius 3 is 2.72 bits per heavy atom. The van der Waals surface area contributed by atoms with Crippen molar-refractivity contribution in [3.8, 4) is 0 Å². The lowest BCUT2D eigenvalue weighted by Gasteiger charge is -2.33. The second-order valence-corrected chi connectivity index (χ2v) is 8.42. The minimum absolute atomic E-state index is 0. The Morgan fingerprint density at radius 1 is 1.21 bits per heavy atom. The van der Waals surface area contributed by atoms with Gasteiger partial charge in [-0.15, -0.1) is 24.0 Å². The molecule has 1 aromatic rings. The van der Waals surface area contributed by atoms with Crippen molar-refractivity contribution < 1.29 is 9.53 Å². The molecule has 0 aliphatic carbocycles. The average Bonchev–Trinajstić information content (AvgIpc) is 3.30. The smallest absolute Gasteiger partial charge is 0.222 e. The number of ether oxygens (including phenoxy) is 1. The maximum Gasteiger partial charge on any atom is 0.222 e. The highest BCUT2D eigenvalue weighted by molar-refractivity contribution is 14.0. The van der Waals surface area contributed by atoms with Crippen LogP contribution in [0, 0.1) is 5.41 Å². The van der Waals surface area contributed by atoms with Gasteiger partial charge in [0.15, 0.2) is 5.96 Å². The molecule has 1 spiro atoms. The van der Waals surface area contributed by atoms with E-state index in [0.717, 1.165) is 71.2 Å². The number of guanidine groups is 1. The number of hydrogen-bond acceptors (Lipinski definition) is 3. The Balaban J connectivity index is 0.00000240. The molecule has 1 aromatic carbocycles. The molecule has 4 rings (SSSR count). The van der Waals surface area contributed by atoms with Crippen molar-refractivity contribution in [3.63, 3.8) is 0 Å². The molecule has 0 radical (unpaired) electrons. The van der Waals surface area contributed by atoms with E-state index in [9.17, 15) is 4.79 Å². The van der Waals surface area contributed by atoms with Gasteiger partial charge in [-0.3, -0.25) is 9.79 Å². The number of carbonyl (C=O) groups excluding carboxylic acids is 1. The van der Waals surface area contributed by atoms with Gasteiger partial charge < -0.3 is 19.9 Å². The van der Waals surface area contributed by atoms with Crippen LogP contribution in [0.4, 0.5) is 0 Å². The van der Waals surface area contributed by atoms with E-state index in [0.29, 0.717) is 11.8 Å². The summed E-state index contributed by atoms with van der Waals surface area (Å²) in [5.74, 6) is 1.27. The van der Waals surface area contributed by atoms with E-state index >= 15 is 0 Å². The Kier molecular flexibility index (Phi) is 7.79. The zero-order chi connectivity index (χ0) is 19.4. The Labute approximate surface area is 191 Å². The summed E-state index contributed by atoms with van der Waals surface area (Å²) in [6.07, 6.45) is 5.24. The number of rotatable bonds is 4. The predicted molar refractivity (Wildman–Crippen MR) is 125 cm³/mol. The van der Waals surface area contributed by atoms with Gasteiger partial charge in [0, 0.05) is 59.4 Å². The molecule has 1 amide bonds. The SMILES string of the molecule is CN=C(NCc1cccc(CN2CCCC2=O)c1)N1CCC2(CCOCC2)C1.I. The quantitative estimate of drug-likeness (QED) is 0.383. The van der Waals surface area contributed by atoms with Crippen molar-refractivity contribution in [2.24, 2.45) is 10.4 Å². The van der Waals surface area contributed by atoms with E-state index in [1.54, 1.807) is 0 Å². The highest BCUT2D eigenvalue weighted by Crippen LogP contribution is 2.39. The van der Waals surface area contributed by atoms with Crippen LogP contribution >= 0.6 is 24.0 Å². The molecule has 3 fully saturated rings. The molecule has 1 N–H and O–H groups in total. The number of nitrogens with one attached hydrogen (secondary N) is 1. The summed E-state index contributed by atoms with van der Waals surface area (Å²) in [6.45, 7) is 6.29. The van der Waals surface area contributed by atoms with Crippen LogP contribution in [0.1, 0.15) is 43.2 Å². The van der Waals surface area contributed by atoms with Crippen LogP contribution in [0.25, 0.3) is 0 Å². The molecule has 0 saturated carbocycles. The Hall–Kier alpha value is -1.35. The molecule has 0 aromatic heterocycles. The molecule has 160 valence electrons. The standard InChI is InChI=1S/C22H32N4O2.HI/c1-23-21(26-11-7-22(17-26)8-12-28-13-9-22)24-15-18-4-2-5-19(14-18)16-25-10-3-6-20(25)27;/h2,4-5,14H,3,6-13,15-17H2,1H3,(H,23,24);1H. The minimum Gasteiger partial charge on any atom is -0.381 e.